The molecule has 0 aliphatic carbocycles. The zero-order valence-corrected chi connectivity index (χ0v) is 17.8. The molecule has 2 amide bonds. The van der Waals surface area contributed by atoms with Gasteiger partial charge in [0, 0.05) is 26.1 Å². The molecule has 0 atom stereocenters. The van der Waals surface area contributed by atoms with Crippen molar-refractivity contribution < 1.29 is 14.3 Å². The average Bonchev–Trinajstić information content (AvgIpc) is 3.32. The van der Waals surface area contributed by atoms with Gasteiger partial charge in [-0.15, -0.1) is 0 Å². The summed E-state index contributed by atoms with van der Waals surface area (Å²) < 4.78 is 5.77. The van der Waals surface area contributed by atoms with Crippen molar-refractivity contribution >= 4 is 46.2 Å². The van der Waals surface area contributed by atoms with Crippen molar-refractivity contribution in [2.45, 2.75) is 38.5 Å². The normalized spacial score (nSPS) is 18.4. The molecule has 0 bridgehead atoms. The first-order valence-corrected chi connectivity index (χ1v) is 11.0. The molecule has 0 aromatic heterocycles. The Morgan fingerprint density at radius 1 is 1.18 bits per heavy atom. The van der Waals surface area contributed by atoms with E-state index in [9.17, 15) is 9.59 Å². The van der Waals surface area contributed by atoms with E-state index >= 15 is 0 Å². The van der Waals surface area contributed by atoms with Gasteiger partial charge in [0.1, 0.15) is 10.1 Å². The van der Waals surface area contributed by atoms with Gasteiger partial charge in [0.15, 0.2) is 0 Å². The Balaban J connectivity index is 1.44. The fourth-order valence-electron chi connectivity index (χ4n) is 3.39. The topological polar surface area (TPSA) is 49.9 Å². The molecule has 0 N–H and O–H groups in total. The summed E-state index contributed by atoms with van der Waals surface area (Å²) in [4.78, 5) is 29.0. The largest absolute Gasteiger partial charge is 0.497 e. The van der Waals surface area contributed by atoms with Crippen molar-refractivity contribution in [3.8, 4) is 5.75 Å². The number of thioether (sulfide) groups is 1. The molecule has 2 aliphatic heterocycles. The van der Waals surface area contributed by atoms with Crippen molar-refractivity contribution in [3.05, 3.63) is 34.7 Å². The molecular weight excluding hydrogens is 392 g/mol. The van der Waals surface area contributed by atoms with Gasteiger partial charge >= 0.3 is 0 Å². The van der Waals surface area contributed by atoms with Crippen LogP contribution >= 0.6 is 24.0 Å². The van der Waals surface area contributed by atoms with Crippen LogP contribution < -0.4 is 4.74 Å². The molecule has 7 heteroatoms. The molecule has 150 valence electrons. The molecular formula is C21H26N2O3S2. The van der Waals surface area contributed by atoms with Crippen LogP contribution in [0.15, 0.2) is 29.2 Å². The number of likely N-dealkylation sites (tertiary alicyclic amines) is 1. The van der Waals surface area contributed by atoms with Crippen LogP contribution in [0.25, 0.3) is 6.08 Å². The van der Waals surface area contributed by atoms with Gasteiger partial charge in [0.25, 0.3) is 5.91 Å². The maximum Gasteiger partial charge on any atom is 0.266 e. The second-order valence-corrected chi connectivity index (χ2v) is 8.68. The van der Waals surface area contributed by atoms with Crippen LogP contribution in [0.5, 0.6) is 5.75 Å². The van der Waals surface area contributed by atoms with E-state index in [1.165, 1.54) is 11.8 Å². The minimum Gasteiger partial charge on any atom is -0.497 e. The summed E-state index contributed by atoms with van der Waals surface area (Å²) in [5.74, 6) is 1.03. The summed E-state index contributed by atoms with van der Waals surface area (Å²) in [6, 6.07) is 7.58. The standard InChI is InChI=1S/C21H26N2O3S2/c1-26-17-10-8-16(9-11-17)15-18-20(25)23(21(27)28-18)14-4-2-3-7-19(24)22-12-5-6-13-22/h8-11,15H,2-7,12-14H2,1H3. The lowest BCUT2D eigenvalue weighted by Crippen LogP contribution is -2.29. The minimum absolute atomic E-state index is 0.0287. The predicted molar refractivity (Wildman–Crippen MR) is 117 cm³/mol. The zero-order valence-electron chi connectivity index (χ0n) is 16.2. The number of rotatable bonds is 8. The summed E-state index contributed by atoms with van der Waals surface area (Å²) in [6.45, 7) is 2.44. The van der Waals surface area contributed by atoms with Gasteiger partial charge in [-0.3, -0.25) is 14.5 Å². The quantitative estimate of drug-likeness (QED) is 0.362. The van der Waals surface area contributed by atoms with Crippen molar-refractivity contribution in [2.24, 2.45) is 0 Å². The third-order valence-corrected chi connectivity index (χ3v) is 6.40. The Bertz CT molecular complexity index is 755. The highest BCUT2D eigenvalue weighted by atomic mass is 32.2. The summed E-state index contributed by atoms with van der Waals surface area (Å²) in [5, 5.41) is 0. The number of ether oxygens (including phenoxy) is 1. The van der Waals surface area contributed by atoms with Crippen molar-refractivity contribution in [1.29, 1.82) is 0 Å². The van der Waals surface area contributed by atoms with Crippen molar-refractivity contribution in [2.75, 3.05) is 26.7 Å². The maximum absolute atomic E-state index is 12.7. The summed E-state index contributed by atoms with van der Waals surface area (Å²) in [7, 11) is 1.63. The number of amides is 2. The lowest BCUT2D eigenvalue weighted by molar-refractivity contribution is -0.130. The number of hydrogen-bond acceptors (Lipinski definition) is 5. The third kappa shape index (κ3) is 5.35. The molecule has 0 saturated carbocycles. The van der Waals surface area contributed by atoms with Crippen LogP contribution in [0, 0.1) is 0 Å². The Labute approximate surface area is 176 Å². The van der Waals surface area contributed by atoms with Crippen LogP contribution in [0.2, 0.25) is 0 Å². The minimum atomic E-state index is -0.0287. The Morgan fingerprint density at radius 3 is 2.57 bits per heavy atom. The molecule has 1 aromatic carbocycles. The zero-order chi connectivity index (χ0) is 19.9. The van der Waals surface area contributed by atoms with E-state index in [1.807, 2.05) is 35.2 Å². The van der Waals surface area contributed by atoms with E-state index in [0.29, 0.717) is 22.2 Å². The predicted octanol–water partition coefficient (Wildman–Crippen LogP) is 4.08. The number of thiocarbonyl (C=S) groups is 1. The number of carbonyl (C=O) groups is 2. The fraction of sp³-hybridized carbons (Fsp3) is 0.476. The number of hydrogen-bond donors (Lipinski definition) is 0. The van der Waals surface area contributed by atoms with Gasteiger partial charge in [-0.05, 0) is 49.5 Å². The monoisotopic (exact) mass is 418 g/mol. The number of benzene rings is 1. The van der Waals surface area contributed by atoms with Crippen LogP contribution in [0.1, 0.15) is 44.1 Å². The van der Waals surface area contributed by atoms with Crippen LogP contribution in [-0.2, 0) is 9.59 Å². The average molecular weight is 419 g/mol. The second-order valence-electron chi connectivity index (χ2n) is 7.01. The molecule has 1 aromatic rings. The first-order chi connectivity index (χ1) is 13.6. The van der Waals surface area contributed by atoms with E-state index < -0.39 is 0 Å². The third-order valence-electron chi connectivity index (χ3n) is 5.02. The number of carbonyl (C=O) groups excluding carboxylic acids is 2. The second kappa shape index (κ2) is 10.1. The van der Waals surface area contributed by atoms with E-state index in [2.05, 4.69) is 0 Å². The van der Waals surface area contributed by atoms with E-state index in [1.54, 1.807) is 12.0 Å². The van der Waals surface area contributed by atoms with E-state index in [0.717, 1.165) is 56.5 Å². The first-order valence-electron chi connectivity index (χ1n) is 9.75. The molecule has 2 fully saturated rings. The van der Waals surface area contributed by atoms with Crippen molar-refractivity contribution in [1.82, 2.24) is 9.80 Å². The fourth-order valence-corrected chi connectivity index (χ4v) is 4.70. The lowest BCUT2D eigenvalue weighted by atomic mass is 10.1. The molecule has 5 nitrogen and oxygen atoms in total. The molecule has 0 spiro atoms. The Kier molecular flexibility index (Phi) is 7.50. The van der Waals surface area contributed by atoms with Gasteiger partial charge < -0.3 is 9.64 Å². The molecule has 28 heavy (non-hydrogen) atoms. The smallest absolute Gasteiger partial charge is 0.266 e. The maximum atomic E-state index is 12.7. The molecule has 2 aliphatic rings. The number of nitrogens with zero attached hydrogens (tertiary/aromatic N) is 2. The van der Waals surface area contributed by atoms with Gasteiger partial charge in [-0.25, -0.2) is 0 Å². The summed E-state index contributed by atoms with van der Waals surface area (Å²) in [6.07, 6.45) is 7.38. The lowest BCUT2D eigenvalue weighted by Gasteiger charge is -2.16. The molecule has 2 heterocycles. The molecule has 2 saturated heterocycles. The Morgan fingerprint density at radius 2 is 1.89 bits per heavy atom. The first kappa shape index (κ1) is 20.9. The summed E-state index contributed by atoms with van der Waals surface area (Å²) in [5.41, 5.74) is 0.946. The van der Waals surface area contributed by atoms with E-state index in [-0.39, 0.29) is 11.8 Å². The van der Waals surface area contributed by atoms with Gasteiger partial charge in [-0.1, -0.05) is 42.5 Å². The van der Waals surface area contributed by atoms with Crippen LogP contribution in [0.3, 0.4) is 0 Å². The Hall–Kier alpha value is -1.86. The van der Waals surface area contributed by atoms with Gasteiger partial charge in [0.05, 0.1) is 12.0 Å². The van der Waals surface area contributed by atoms with Crippen LogP contribution in [0.4, 0.5) is 0 Å². The molecule has 3 rings (SSSR count). The number of methoxy groups -OCH3 is 1. The van der Waals surface area contributed by atoms with Crippen molar-refractivity contribution in [3.63, 3.8) is 0 Å². The highest BCUT2D eigenvalue weighted by Crippen LogP contribution is 2.33. The number of unbranched alkanes of at least 4 members (excludes halogenated alkanes) is 2. The van der Waals surface area contributed by atoms with Crippen LogP contribution in [-0.4, -0.2) is 52.7 Å². The van der Waals surface area contributed by atoms with Gasteiger partial charge in [0.2, 0.25) is 5.91 Å². The highest BCUT2D eigenvalue weighted by Gasteiger charge is 2.31. The molecule has 0 unspecified atom stereocenters. The molecule has 0 radical (unpaired) electrons. The van der Waals surface area contributed by atoms with E-state index in [4.69, 9.17) is 17.0 Å². The summed E-state index contributed by atoms with van der Waals surface area (Å²) >= 11 is 6.74. The highest BCUT2D eigenvalue weighted by molar-refractivity contribution is 8.26. The SMILES string of the molecule is COc1ccc(C=C2SC(=S)N(CCCCCC(=O)N3CCCC3)C2=O)cc1. The van der Waals surface area contributed by atoms with Gasteiger partial charge in [-0.2, -0.15) is 0 Å².